The second-order valence-electron chi connectivity index (χ2n) is 7.52. The van der Waals surface area contributed by atoms with Crippen LogP contribution >= 0.6 is 0 Å². The van der Waals surface area contributed by atoms with Crippen molar-refractivity contribution < 1.29 is 0 Å². The zero-order valence-electron chi connectivity index (χ0n) is 16.5. The largest absolute Gasteiger partial charge is 0.0616 e. The van der Waals surface area contributed by atoms with Crippen LogP contribution in [-0.4, -0.2) is 0 Å². The SMILES string of the molecule is Cc1ccc(C=C(c2cccc3ccccc23)c2cccc3ccccc23)cc1. The molecule has 5 rings (SSSR count). The van der Waals surface area contributed by atoms with E-state index in [1.165, 1.54) is 49.4 Å². The Hall–Kier alpha value is -3.64. The summed E-state index contributed by atoms with van der Waals surface area (Å²) in [7, 11) is 0. The maximum atomic E-state index is 2.32. The van der Waals surface area contributed by atoms with E-state index < -0.39 is 0 Å². The van der Waals surface area contributed by atoms with Crippen LogP contribution in [0.25, 0.3) is 33.2 Å². The summed E-state index contributed by atoms with van der Waals surface area (Å²) in [6.45, 7) is 2.13. The molecule has 0 spiro atoms. The summed E-state index contributed by atoms with van der Waals surface area (Å²) >= 11 is 0. The first-order chi connectivity index (χ1) is 14.3. The molecule has 5 aromatic carbocycles. The summed E-state index contributed by atoms with van der Waals surface area (Å²) in [6, 6.07) is 39.2. The van der Waals surface area contributed by atoms with Gasteiger partial charge in [-0.2, -0.15) is 0 Å². The summed E-state index contributed by atoms with van der Waals surface area (Å²) in [5.41, 5.74) is 6.27. The fraction of sp³-hybridized carbons (Fsp3) is 0.0345. The van der Waals surface area contributed by atoms with E-state index in [0.717, 1.165) is 0 Å². The third kappa shape index (κ3) is 3.34. The monoisotopic (exact) mass is 370 g/mol. The summed E-state index contributed by atoms with van der Waals surface area (Å²) in [5, 5.41) is 5.09. The summed E-state index contributed by atoms with van der Waals surface area (Å²) < 4.78 is 0. The van der Waals surface area contributed by atoms with Crippen molar-refractivity contribution in [1.29, 1.82) is 0 Å². The van der Waals surface area contributed by atoms with Gasteiger partial charge in [0.15, 0.2) is 0 Å². The van der Waals surface area contributed by atoms with Crippen molar-refractivity contribution in [3.05, 3.63) is 131 Å². The molecular weight excluding hydrogens is 348 g/mol. The lowest BCUT2D eigenvalue weighted by molar-refractivity contribution is 1.46. The summed E-state index contributed by atoms with van der Waals surface area (Å²) in [6.07, 6.45) is 2.32. The van der Waals surface area contributed by atoms with Gasteiger partial charge in [0.05, 0.1) is 0 Å². The molecule has 0 N–H and O–H groups in total. The smallest absolute Gasteiger partial charge is 0.00930 e. The van der Waals surface area contributed by atoms with Crippen LogP contribution in [0.4, 0.5) is 0 Å². The molecular formula is C29H22. The molecule has 0 aliphatic rings. The minimum absolute atomic E-state index is 1.21. The topological polar surface area (TPSA) is 0 Å². The Morgan fingerprint density at radius 1 is 0.517 bits per heavy atom. The molecule has 0 fully saturated rings. The number of hydrogen-bond donors (Lipinski definition) is 0. The van der Waals surface area contributed by atoms with Crippen molar-refractivity contribution in [1.82, 2.24) is 0 Å². The minimum Gasteiger partial charge on any atom is -0.0616 e. The second-order valence-corrected chi connectivity index (χ2v) is 7.52. The lowest BCUT2D eigenvalue weighted by Crippen LogP contribution is -1.92. The molecule has 0 heterocycles. The van der Waals surface area contributed by atoms with Crippen LogP contribution in [0.1, 0.15) is 22.3 Å². The van der Waals surface area contributed by atoms with Gasteiger partial charge in [0, 0.05) is 0 Å². The van der Waals surface area contributed by atoms with Gasteiger partial charge in [-0.25, -0.2) is 0 Å². The van der Waals surface area contributed by atoms with Crippen molar-refractivity contribution in [3.63, 3.8) is 0 Å². The molecule has 138 valence electrons. The van der Waals surface area contributed by atoms with E-state index in [1.54, 1.807) is 0 Å². The maximum Gasteiger partial charge on any atom is -0.00930 e. The van der Waals surface area contributed by atoms with Crippen LogP contribution in [0.15, 0.2) is 109 Å². The van der Waals surface area contributed by atoms with Gasteiger partial charge >= 0.3 is 0 Å². The zero-order valence-corrected chi connectivity index (χ0v) is 16.5. The zero-order chi connectivity index (χ0) is 19.6. The Morgan fingerprint density at radius 3 is 1.55 bits per heavy atom. The molecule has 0 aromatic heterocycles. The Bertz CT molecular complexity index is 1250. The van der Waals surface area contributed by atoms with Gasteiger partial charge in [0.2, 0.25) is 0 Å². The van der Waals surface area contributed by atoms with Crippen LogP contribution in [0.5, 0.6) is 0 Å². The van der Waals surface area contributed by atoms with Gasteiger partial charge in [-0.1, -0.05) is 115 Å². The van der Waals surface area contributed by atoms with Crippen molar-refractivity contribution in [3.8, 4) is 0 Å². The molecule has 5 aromatic rings. The van der Waals surface area contributed by atoms with Crippen LogP contribution < -0.4 is 0 Å². The minimum atomic E-state index is 1.21. The van der Waals surface area contributed by atoms with E-state index in [0.29, 0.717) is 0 Å². The van der Waals surface area contributed by atoms with E-state index in [4.69, 9.17) is 0 Å². The van der Waals surface area contributed by atoms with Gasteiger partial charge in [0.1, 0.15) is 0 Å². The van der Waals surface area contributed by atoms with Crippen molar-refractivity contribution >= 4 is 33.2 Å². The average Bonchev–Trinajstić information content (AvgIpc) is 2.78. The van der Waals surface area contributed by atoms with Gasteiger partial charge in [-0.15, -0.1) is 0 Å². The highest BCUT2D eigenvalue weighted by Crippen LogP contribution is 2.35. The number of fused-ring (bicyclic) bond motifs is 2. The van der Waals surface area contributed by atoms with Crippen molar-refractivity contribution in [2.75, 3.05) is 0 Å². The van der Waals surface area contributed by atoms with Gasteiger partial charge in [0.25, 0.3) is 0 Å². The third-order valence-corrected chi connectivity index (χ3v) is 5.55. The Kier molecular flexibility index (Phi) is 4.46. The molecule has 29 heavy (non-hydrogen) atoms. The van der Waals surface area contributed by atoms with Crippen molar-refractivity contribution in [2.45, 2.75) is 6.92 Å². The predicted octanol–water partition coefficient (Wildman–Crippen LogP) is 7.89. The van der Waals surface area contributed by atoms with E-state index in [2.05, 4.69) is 122 Å². The van der Waals surface area contributed by atoms with Gasteiger partial charge < -0.3 is 0 Å². The quantitative estimate of drug-likeness (QED) is 0.283. The molecule has 0 aliphatic carbocycles. The molecule has 0 saturated carbocycles. The van der Waals surface area contributed by atoms with E-state index in [1.807, 2.05) is 0 Å². The van der Waals surface area contributed by atoms with Crippen LogP contribution in [0, 0.1) is 6.92 Å². The molecule has 0 bridgehead atoms. The Morgan fingerprint density at radius 2 is 1.00 bits per heavy atom. The second kappa shape index (κ2) is 7.41. The fourth-order valence-electron chi connectivity index (χ4n) is 4.05. The molecule has 0 saturated heterocycles. The highest BCUT2D eigenvalue weighted by molar-refractivity contribution is 6.08. The number of benzene rings is 5. The van der Waals surface area contributed by atoms with Crippen LogP contribution in [-0.2, 0) is 0 Å². The molecule has 0 atom stereocenters. The van der Waals surface area contributed by atoms with Crippen LogP contribution in [0.2, 0.25) is 0 Å². The number of aryl methyl sites for hydroxylation is 1. The molecule has 0 nitrogen and oxygen atoms in total. The molecule has 0 heteroatoms. The number of rotatable bonds is 3. The average molecular weight is 370 g/mol. The molecule has 0 aliphatic heterocycles. The maximum absolute atomic E-state index is 2.32. The van der Waals surface area contributed by atoms with Gasteiger partial charge in [-0.05, 0) is 56.8 Å². The predicted molar refractivity (Wildman–Crippen MR) is 126 cm³/mol. The van der Waals surface area contributed by atoms with Gasteiger partial charge in [-0.3, -0.25) is 0 Å². The Balaban J connectivity index is 1.83. The van der Waals surface area contributed by atoms with E-state index in [9.17, 15) is 0 Å². The highest BCUT2D eigenvalue weighted by Gasteiger charge is 2.12. The first-order valence-electron chi connectivity index (χ1n) is 10.0. The van der Waals surface area contributed by atoms with Crippen molar-refractivity contribution in [2.24, 2.45) is 0 Å². The highest BCUT2D eigenvalue weighted by atomic mass is 14.2. The first-order valence-corrected chi connectivity index (χ1v) is 10.0. The lowest BCUT2D eigenvalue weighted by atomic mass is 9.89. The number of hydrogen-bond acceptors (Lipinski definition) is 0. The third-order valence-electron chi connectivity index (χ3n) is 5.55. The normalized spacial score (nSPS) is 10.9. The first kappa shape index (κ1) is 17.5. The molecule has 0 amide bonds. The molecule has 0 unspecified atom stereocenters. The van der Waals surface area contributed by atoms with Crippen LogP contribution in [0.3, 0.4) is 0 Å². The van der Waals surface area contributed by atoms with E-state index in [-0.39, 0.29) is 0 Å². The van der Waals surface area contributed by atoms with E-state index >= 15 is 0 Å². The fourth-order valence-corrected chi connectivity index (χ4v) is 4.05. The Labute approximate surface area is 171 Å². The molecule has 0 radical (unpaired) electrons. The lowest BCUT2D eigenvalue weighted by Gasteiger charge is -2.15. The summed E-state index contributed by atoms with van der Waals surface area (Å²) in [4.78, 5) is 0. The standard InChI is InChI=1S/C29H22/c1-21-16-18-22(19-17-21)20-29(27-14-6-10-23-8-2-4-12-25(23)27)28-15-7-11-24-9-3-5-13-26(24)28/h2-20H,1H3. The summed E-state index contributed by atoms with van der Waals surface area (Å²) in [5.74, 6) is 0.